The number of benzene rings is 2. The fourth-order valence-corrected chi connectivity index (χ4v) is 3.43. The van der Waals surface area contributed by atoms with Gasteiger partial charge in [-0.05, 0) is 35.9 Å². The molecule has 164 valence electrons. The maximum absolute atomic E-state index is 12.5. The Morgan fingerprint density at radius 3 is 2.56 bits per heavy atom. The minimum atomic E-state index is -0.690. The average molecular weight is 437 g/mol. The van der Waals surface area contributed by atoms with Gasteiger partial charge in [-0.3, -0.25) is 29.5 Å². The smallest absolute Gasteiger partial charge is 0.345 e. The highest BCUT2D eigenvalue weighted by atomic mass is 16.6. The third kappa shape index (κ3) is 4.53. The molecular weight excluding hydrogens is 418 g/mol. The Morgan fingerprint density at radius 2 is 1.88 bits per heavy atom. The van der Waals surface area contributed by atoms with Crippen molar-refractivity contribution in [2.45, 2.75) is 0 Å². The normalized spacial score (nSPS) is 16.4. The molecule has 4 rings (SSSR count). The highest BCUT2D eigenvalue weighted by Gasteiger charge is 2.37. The van der Waals surface area contributed by atoms with Gasteiger partial charge in [0, 0.05) is 37.1 Å². The monoisotopic (exact) mass is 437 g/mol. The lowest BCUT2D eigenvalue weighted by atomic mass is 10.1. The van der Waals surface area contributed by atoms with Gasteiger partial charge in [0.15, 0.2) is 0 Å². The largest absolute Gasteiger partial charge is 0.379 e. The van der Waals surface area contributed by atoms with Crippen molar-refractivity contribution >= 4 is 41.0 Å². The second-order valence-corrected chi connectivity index (χ2v) is 7.20. The van der Waals surface area contributed by atoms with Crippen molar-refractivity contribution in [3.63, 3.8) is 0 Å². The van der Waals surface area contributed by atoms with Crippen LogP contribution >= 0.6 is 0 Å². The molecule has 2 heterocycles. The minimum absolute atomic E-state index is 0.0633. The molecule has 2 aliphatic rings. The molecule has 0 radical (unpaired) electrons. The first kappa shape index (κ1) is 21.3. The van der Waals surface area contributed by atoms with Gasteiger partial charge in [0.05, 0.1) is 36.1 Å². The van der Waals surface area contributed by atoms with Gasteiger partial charge in [-0.15, -0.1) is 0 Å². The van der Waals surface area contributed by atoms with Crippen LogP contribution in [0, 0.1) is 10.1 Å². The van der Waals surface area contributed by atoms with Crippen LogP contribution in [0.5, 0.6) is 0 Å². The highest BCUT2D eigenvalue weighted by molar-refractivity contribution is 6.52. The van der Waals surface area contributed by atoms with Gasteiger partial charge in [-0.2, -0.15) is 0 Å². The number of anilines is 2. The number of carbonyl (C=O) groups excluding carboxylic acids is 3. The lowest BCUT2D eigenvalue weighted by Crippen LogP contribution is -2.45. The Kier molecular flexibility index (Phi) is 6.01. The van der Waals surface area contributed by atoms with Gasteiger partial charge in [-0.1, -0.05) is 0 Å². The third-order valence-electron chi connectivity index (χ3n) is 5.10. The number of rotatable bonds is 5. The van der Waals surface area contributed by atoms with Crippen LogP contribution in [0.4, 0.5) is 21.9 Å². The average Bonchev–Trinajstić information content (AvgIpc) is 3.03. The Balaban J connectivity index is 1.43. The van der Waals surface area contributed by atoms with Crippen LogP contribution < -0.4 is 10.2 Å². The summed E-state index contributed by atoms with van der Waals surface area (Å²) in [6.07, 6.45) is 1.27. The number of nitro groups is 1. The molecule has 32 heavy (non-hydrogen) atoms. The second-order valence-electron chi connectivity index (χ2n) is 7.20. The molecule has 11 nitrogen and oxygen atoms in total. The Bertz CT molecular complexity index is 1110. The molecule has 2 aliphatic heterocycles. The Hall–Kier alpha value is -3.96. The molecule has 0 unspecified atom stereocenters. The van der Waals surface area contributed by atoms with Crippen LogP contribution in [0.2, 0.25) is 0 Å². The maximum atomic E-state index is 12.5. The zero-order chi connectivity index (χ0) is 22.7. The van der Waals surface area contributed by atoms with E-state index in [1.807, 2.05) is 4.90 Å². The van der Waals surface area contributed by atoms with Gasteiger partial charge >= 0.3 is 11.9 Å². The SMILES string of the molecule is O=C(/N=C/c1ccc([N+](=O)[O-])cc1)Nc1ccc2c(c1)C(=O)C(=O)N2CN1CCOCC1. The van der Waals surface area contributed by atoms with Crippen molar-refractivity contribution in [3.05, 3.63) is 63.7 Å². The third-order valence-corrected chi connectivity index (χ3v) is 5.10. The van der Waals surface area contributed by atoms with Crippen LogP contribution in [0.3, 0.4) is 0 Å². The van der Waals surface area contributed by atoms with Crippen LogP contribution in [-0.4, -0.2) is 66.7 Å². The van der Waals surface area contributed by atoms with Gasteiger partial charge in [0.2, 0.25) is 0 Å². The number of hydrogen-bond acceptors (Lipinski definition) is 7. The van der Waals surface area contributed by atoms with E-state index in [1.54, 1.807) is 12.1 Å². The number of Topliss-reactive ketones (excluding diaryl/α,β-unsaturated/α-hetero) is 1. The summed E-state index contributed by atoms with van der Waals surface area (Å²) in [4.78, 5) is 54.4. The number of ketones is 1. The molecule has 2 aromatic rings. The summed E-state index contributed by atoms with van der Waals surface area (Å²) in [6.45, 7) is 2.80. The topological polar surface area (TPSA) is 134 Å². The number of aliphatic imine (C=N–C) groups is 1. The lowest BCUT2D eigenvalue weighted by Gasteiger charge is -2.30. The molecule has 3 amide bonds. The van der Waals surface area contributed by atoms with E-state index in [1.165, 1.54) is 41.4 Å². The molecule has 2 aromatic carbocycles. The quantitative estimate of drug-likeness (QED) is 0.327. The van der Waals surface area contributed by atoms with Crippen molar-refractivity contribution in [1.82, 2.24) is 4.90 Å². The number of morpholine rings is 1. The number of hydrogen-bond donors (Lipinski definition) is 1. The van der Waals surface area contributed by atoms with E-state index in [9.17, 15) is 24.5 Å². The number of nitro benzene ring substituents is 1. The summed E-state index contributed by atoms with van der Waals surface area (Å²) in [5.41, 5.74) is 1.49. The zero-order valence-electron chi connectivity index (χ0n) is 16.9. The van der Waals surface area contributed by atoms with Crippen molar-refractivity contribution < 1.29 is 24.0 Å². The first-order chi connectivity index (χ1) is 15.4. The molecule has 0 bridgehead atoms. The number of amides is 3. The maximum Gasteiger partial charge on any atom is 0.345 e. The number of carbonyl (C=O) groups is 3. The molecule has 0 aromatic heterocycles. The predicted molar refractivity (Wildman–Crippen MR) is 115 cm³/mol. The van der Waals surface area contributed by atoms with Crippen molar-refractivity contribution in [2.75, 3.05) is 43.2 Å². The van der Waals surface area contributed by atoms with E-state index < -0.39 is 22.6 Å². The number of urea groups is 1. The summed E-state index contributed by atoms with van der Waals surface area (Å²) < 4.78 is 5.31. The summed E-state index contributed by atoms with van der Waals surface area (Å²) in [5, 5.41) is 13.2. The van der Waals surface area contributed by atoms with Crippen LogP contribution in [-0.2, 0) is 9.53 Å². The zero-order valence-corrected chi connectivity index (χ0v) is 16.9. The van der Waals surface area contributed by atoms with E-state index in [4.69, 9.17) is 4.74 Å². The highest BCUT2D eigenvalue weighted by Crippen LogP contribution is 2.31. The van der Waals surface area contributed by atoms with Gasteiger partial charge < -0.3 is 10.1 Å². The van der Waals surface area contributed by atoms with Gasteiger partial charge in [0.25, 0.3) is 11.5 Å². The molecule has 1 fully saturated rings. The summed E-state index contributed by atoms with van der Waals surface area (Å²) in [7, 11) is 0. The minimum Gasteiger partial charge on any atom is -0.379 e. The summed E-state index contributed by atoms with van der Waals surface area (Å²) in [6, 6.07) is 9.54. The lowest BCUT2D eigenvalue weighted by molar-refractivity contribution is -0.384. The fourth-order valence-electron chi connectivity index (χ4n) is 3.43. The molecule has 0 saturated carbocycles. The van der Waals surface area contributed by atoms with Crippen molar-refractivity contribution in [1.29, 1.82) is 0 Å². The Labute approximate surface area is 182 Å². The predicted octanol–water partition coefficient (Wildman–Crippen LogP) is 2.06. The molecule has 11 heteroatoms. The first-order valence-electron chi connectivity index (χ1n) is 9.82. The number of non-ortho nitro benzene ring substituents is 1. The first-order valence-corrected chi connectivity index (χ1v) is 9.82. The molecule has 0 atom stereocenters. The van der Waals surface area contributed by atoms with Gasteiger partial charge in [-0.25, -0.2) is 9.79 Å². The van der Waals surface area contributed by atoms with E-state index in [0.717, 1.165) is 0 Å². The molecule has 0 aliphatic carbocycles. The van der Waals surface area contributed by atoms with E-state index >= 15 is 0 Å². The summed E-state index contributed by atoms with van der Waals surface area (Å²) >= 11 is 0. The van der Waals surface area contributed by atoms with Gasteiger partial charge in [0.1, 0.15) is 0 Å². The molecule has 1 saturated heterocycles. The van der Waals surface area contributed by atoms with Crippen molar-refractivity contribution in [2.24, 2.45) is 4.99 Å². The number of nitrogens with one attached hydrogen (secondary N) is 1. The van der Waals surface area contributed by atoms with Crippen molar-refractivity contribution in [3.8, 4) is 0 Å². The molecular formula is C21H19N5O6. The number of ether oxygens (including phenoxy) is 1. The van der Waals surface area contributed by atoms with Crippen LogP contribution in [0.15, 0.2) is 47.5 Å². The molecule has 1 N–H and O–H groups in total. The van der Waals surface area contributed by atoms with E-state index in [2.05, 4.69) is 10.3 Å². The van der Waals surface area contributed by atoms with E-state index in [-0.39, 0.29) is 11.3 Å². The Morgan fingerprint density at radius 1 is 1.16 bits per heavy atom. The number of fused-ring (bicyclic) bond motifs is 1. The van der Waals surface area contributed by atoms with Crippen LogP contribution in [0.25, 0.3) is 0 Å². The molecule has 0 spiro atoms. The second kappa shape index (κ2) is 9.04. The fraction of sp³-hybridized carbons (Fsp3) is 0.238. The standard InChI is InChI=1S/C21H19N5O6/c27-19-17-11-15(23-21(29)22-12-14-1-4-16(5-2-14)26(30)31)3-6-18(17)25(20(19)28)13-24-7-9-32-10-8-24/h1-6,11-12H,7-10,13H2,(H,23,29)/b22-12+. The summed E-state index contributed by atoms with van der Waals surface area (Å²) in [5.74, 6) is -1.23. The van der Waals surface area contributed by atoms with E-state index in [0.29, 0.717) is 49.9 Å². The van der Waals surface area contributed by atoms with Crippen LogP contribution in [0.1, 0.15) is 15.9 Å². The number of nitrogens with zero attached hydrogens (tertiary/aromatic N) is 4.